The van der Waals surface area contributed by atoms with Crippen molar-refractivity contribution < 1.29 is 13.2 Å². The lowest BCUT2D eigenvalue weighted by Crippen LogP contribution is -2.30. The van der Waals surface area contributed by atoms with Gasteiger partial charge in [-0.1, -0.05) is 45.2 Å². The Morgan fingerprint density at radius 2 is 1.90 bits per heavy atom. The summed E-state index contributed by atoms with van der Waals surface area (Å²) in [5, 5.41) is 2.87. The third kappa shape index (κ3) is 5.50. The van der Waals surface area contributed by atoms with Gasteiger partial charge in [0.2, 0.25) is 0 Å². The Morgan fingerprint density at radius 1 is 1.24 bits per heavy atom. The second-order valence-electron chi connectivity index (χ2n) is 5.39. The zero-order valence-electron chi connectivity index (χ0n) is 13.1. The van der Waals surface area contributed by atoms with Crippen LogP contribution in [-0.4, -0.2) is 27.1 Å². The highest BCUT2D eigenvalue weighted by Gasteiger charge is 2.18. The molecule has 0 radical (unpaired) electrons. The number of benzene rings is 1. The van der Waals surface area contributed by atoms with E-state index in [0.29, 0.717) is 12.5 Å². The minimum Gasteiger partial charge on any atom is -0.352 e. The molecule has 4 nitrogen and oxygen atoms in total. The van der Waals surface area contributed by atoms with Crippen molar-refractivity contribution in [3.05, 3.63) is 29.8 Å². The molecule has 1 N–H and O–H groups in total. The van der Waals surface area contributed by atoms with Crippen LogP contribution in [0.2, 0.25) is 0 Å². The number of unbranched alkanes of at least 4 members (excludes halogenated alkanes) is 1. The first-order chi connectivity index (χ1) is 9.90. The number of carbonyl (C=O) groups excluding carboxylic acids is 1. The highest BCUT2D eigenvalue weighted by Crippen LogP contribution is 2.16. The summed E-state index contributed by atoms with van der Waals surface area (Å²) >= 11 is 0. The number of hydrogen-bond donors (Lipinski definition) is 1. The van der Waals surface area contributed by atoms with Gasteiger partial charge in [-0.2, -0.15) is 0 Å². The Kier molecular flexibility index (Phi) is 6.89. The number of nitrogens with one attached hydrogen (secondary N) is 1. The van der Waals surface area contributed by atoms with Gasteiger partial charge in [0.1, 0.15) is 0 Å². The number of sulfone groups is 1. The molecule has 21 heavy (non-hydrogen) atoms. The van der Waals surface area contributed by atoms with Crippen LogP contribution < -0.4 is 5.32 Å². The van der Waals surface area contributed by atoms with Gasteiger partial charge < -0.3 is 5.32 Å². The molecule has 1 atom stereocenters. The number of hydrogen-bond acceptors (Lipinski definition) is 3. The molecular formula is C16H25NO3S. The van der Waals surface area contributed by atoms with Gasteiger partial charge >= 0.3 is 0 Å². The molecule has 1 rings (SSSR count). The van der Waals surface area contributed by atoms with Crippen LogP contribution in [0.1, 0.15) is 49.9 Å². The van der Waals surface area contributed by atoms with E-state index >= 15 is 0 Å². The van der Waals surface area contributed by atoms with E-state index in [0.717, 1.165) is 31.9 Å². The van der Waals surface area contributed by atoms with Gasteiger partial charge in [0.05, 0.1) is 10.5 Å². The molecule has 1 aromatic rings. The van der Waals surface area contributed by atoms with E-state index in [1.165, 1.54) is 6.07 Å². The third-order valence-electron chi connectivity index (χ3n) is 3.63. The van der Waals surface area contributed by atoms with Crippen LogP contribution in [0.25, 0.3) is 0 Å². The van der Waals surface area contributed by atoms with E-state index in [2.05, 4.69) is 19.2 Å². The molecule has 0 fully saturated rings. The summed E-state index contributed by atoms with van der Waals surface area (Å²) in [6.45, 7) is 4.85. The van der Waals surface area contributed by atoms with E-state index < -0.39 is 9.84 Å². The molecule has 0 aliphatic carbocycles. The van der Waals surface area contributed by atoms with Crippen molar-refractivity contribution in [2.75, 3.05) is 12.8 Å². The van der Waals surface area contributed by atoms with Gasteiger partial charge in [-0.25, -0.2) is 8.42 Å². The smallest absolute Gasteiger partial charge is 0.252 e. The average Bonchev–Trinajstić information content (AvgIpc) is 2.46. The van der Waals surface area contributed by atoms with Crippen LogP contribution in [0, 0.1) is 5.92 Å². The fourth-order valence-electron chi connectivity index (χ4n) is 2.25. The summed E-state index contributed by atoms with van der Waals surface area (Å²) in [5.41, 5.74) is 0.227. The molecule has 0 aromatic heterocycles. The second-order valence-corrected chi connectivity index (χ2v) is 7.38. The van der Waals surface area contributed by atoms with Crippen molar-refractivity contribution in [2.45, 2.75) is 44.4 Å². The molecule has 1 amide bonds. The van der Waals surface area contributed by atoms with Gasteiger partial charge in [-0.05, 0) is 24.5 Å². The first-order valence-electron chi connectivity index (χ1n) is 7.47. The summed E-state index contributed by atoms with van der Waals surface area (Å²) in [7, 11) is -3.40. The minimum atomic E-state index is -3.40. The zero-order valence-corrected chi connectivity index (χ0v) is 13.9. The predicted octanol–water partition coefficient (Wildman–Crippen LogP) is 3.04. The molecule has 0 bridgehead atoms. The SMILES string of the molecule is CCCCC(CC)CNC(=O)c1ccccc1S(C)(=O)=O. The molecule has 0 saturated carbocycles. The van der Waals surface area contributed by atoms with E-state index in [9.17, 15) is 13.2 Å². The molecule has 5 heteroatoms. The van der Waals surface area contributed by atoms with E-state index in [4.69, 9.17) is 0 Å². The van der Waals surface area contributed by atoms with Gasteiger partial charge in [0, 0.05) is 12.8 Å². The number of carbonyl (C=O) groups is 1. The van der Waals surface area contributed by atoms with Crippen LogP contribution in [0.5, 0.6) is 0 Å². The summed E-state index contributed by atoms with van der Waals surface area (Å²) in [6.07, 6.45) is 5.50. The van der Waals surface area contributed by atoms with E-state index in [1.807, 2.05) is 0 Å². The molecule has 0 aliphatic rings. The van der Waals surface area contributed by atoms with Crippen LogP contribution in [0.4, 0.5) is 0 Å². The molecule has 0 heterocycles. The Balaban J connectivity index is 2.77. The first kappa shape index (κ1) is 17.7. The van der Waals surface area contributed by atoms with Gasteiger partial charge in [0.25, 0.3) is 5.91 Å². The maximum atomic E-state index is 12.2. The van der Waals surface area contributed by atoms with Crippen LogP contribution in [-0.2, 0) is 9.84 Å². The molecule has 118 valence electrons. The van der Waals surface area contributed by atoms with Crippen molar-refractivity contribution in [1.82, 2.24) is 5.32 Å². The van der Waals surface area contributed by atoms with Crippen molar-refractivity contribution in [2.24, 2.45) is 5.92 Å². The van der Waals surface area contributed by atoms with Gasteiger partial charge in [0.15, 0.2) is 9.84 Å². The summed E-state index contributed by atoms with van der Waals surface area (Å²) in [4.78, 5) is 12.3. The normalized spacial score (nSPS) is 12.9. The van der Waals surface area contributed by atoms with Crippen molar-refractivity contribution in [1.29, 1.82) is 0 Å². The maximum Gasteiger partial charge on any atom is 0.252 e. The molecule has 0 saturated heterocycles. The van der Waals surface area contributed by atoms with Gasteiger partial charge in [-0.15, -0.1) is 0 Å². The lowest BCUT2D eigenvalue weighted by molar-refractivity contribution is 0.0942. The Bertz CT molecular complexity index is 567. The summed E-state index contributed by atoms with van der Waals surface area (Å²) in [5.74, 6) is 0.130. The third-order valence-corrected chi connectivity index (χ3v) is 4.78. The predicted molar refractivity (Wildman–Crippen MR) is 85.2 cm³/mol. The van der Waals surface area contributed by atoms with Crippen LogP contribution in [0.3, 0.4) is 0 Å². The fourth-order valence-corrected chi connectivity index (χ4v) is 3.14. The average molecular weight is 311 g/mol. The standard InChI is InChI=1S/C16H25NO3S/c1-4-6-9-13(5-2)12-17-16(18)14-10-7-8-11-15(14)21(3,19)20/h7-8,10-11,13H,4-6,9,12H2,1-3H3,(H,17,18). The van der Waals surface area contributed by atoms with Crippen LogP contribution >= 0.6 is 0 Å². The second kappa shape index (κ2) is 8.17. The zero-order chi connectivity index (χ0) is 15.9. The topological polar surface area (TPSA) is 63.2 Å². The van der Waals surface area contributed by atoms with Crippen LogP contribution in [0.15, 0.2) is 29.2 Å². The molecular weight excluding hydrogens is 286 g/mol. The molecule has 1 unspecified atom stereocenters. The Morgan fingerprint density at radius 3 is 2.48 bits per heavy atom. The fraction of sp³-hybridized carbons (Fsp3) is 0.562. The highest BCUT2D eigenvalue weighted by molar-refractivity contribution is 7.90. The number of amides is 1. The molecule has 1 aromatic carbocycles. The van der Waals surface area contributed by atoms with E-state index in [1.54, 1.807) is 18.2 Å². The highest BCUT2D eigenvalue weighted by atomic mass is 32.2. The monoisotopic (exact) mass is 311 g/mol. The maximum absolute atomic E-state index is 12.2. The quantitative estimate of drug-likeness (QED) is 0.802. The Labute approximate surface area is 127 Å². The van der Waals surface area contributed by atoms with Crippen molar-refractivity contribution >= 4 is 15.7 Å². The minimum absolute atomic E-state index is 0.0871. The first-order valence-corrected chi connectivity index (χ1v) is 9.36. The van der Waals surface area contributed by atoms with E-state index in [-0.39, 0.29) is 16.4 Å². The summed E-state index contributed by atoms with van der Waals surface area (Å²) in [6, 6.07) is 6.33. The molecule has 0 aliphatic heterocycles. The largest absolute Gasteiger partial charge is 0.352 e. The van der Waals surface area contributed by atoms with Crippen molar-refractivity contribution in [3.8, 4) is 0 Å². The Hall–Kier alpha value is -1.36. The lowest BCUT2D eigenvalue weighted by atomic mass is 9.99. The summed E-state index contributed by atoms with van der Waals surface area (Å²) < 4.78 is 23.4. The lowest BCUT2D eigenvalue weighted by Gasteiger charge is -2.16. The number of rotatable bonds is 8. The van der Waals surface area contributed by atoms with Gasteiger partial charge in [-0.3, -0.25) is 4.79 Å². The van der Waals surface area contributed by atoms with Crippen molar-refractivity contribution in [3.63, 3.8) is 0 Å². The molecule has 0 spiro atoms.